The molecule has 1 aromatic heterocycles. The zero-order valence-corrected chi connectivity index (χ0v) is 17.1. The third-order valence-corrected chi connectivity index (χ3v) is 6.97. The van der Waals surface area contributed by atoms with Gasteiger partial charge in [0.2, 0.25) is 0 Å². The van der Waals surface area contributed by atoms with Gasteiger partial charge in [0.1, 0.15) is 5.82 Å². The lowest BCUT2D eigenvalue weighted by Gasteiger charge is -2.40. The van der Waals surface area contributed by atoms with Gasteiger partial charge in [-0.15, -0.1) is 0 Å². The molecule has 0 aromatic carbocycles. The Morgan fingerprint density at radius 2 is 1.68 bits per heavy atom. The first kappa shape index (κ1) is 21.6. The number of alkyl halides is 3. The third-order valence-electron chi connectivity index (χ3n) is 4.73. The maximum absolute atomic E-state index is 12.9. The molecule has 7 nitrogen and oxygen atoms in total. The topological polar surface area (TPSA) is 66.0 Å². The van der Waals surface area contributed by atoms with Crippen LogP contribution in [0.3, 0.4) is 0 Å². The summed E-state index contributed by atoms with van der Waals surface area (Å²) in [4.78, 5) is 5.54. The molecule has 2 unspecified atom stereocenters. The highest BCUT2D eigenvalue weighted by Crippen LogP contribution is 2.34. The molecule has 2 aliphatic heterocycles. The van der Waals surface area contributed by atoms with E-state index in [1.807, 2.05) is 13.8 Å². The number of piperazine rings is 1. The Kier molecular flexibility index (Phi) is 6.12. The van der Waals surface area contributed by atoms with Gasteiger partial charge in [-0.1, -0.05) is 11.6 Å². The average molecular weight is 443 g/mol. The summed E-state index contributed by atoms with van der Waals surface area (Å²) in [7, 11) is -3.63. The molecule has 0 aliphatic carbocycles. The van der Waals surface area contributed by atoms with Gasteiger partial charge in [-0.05, 0) is 19.9 Å². The lowest BCUT2D eigenvalue weighted by atomic mass is 10.2. The number of hydrogen-bond acceptors (Lipinski definition) is 5. The number of anilines is 1. The van der Waals surface area contributed by atoms with E-state index >= 15 is 0 Å². The fourth-order valence-electron chi connectivity index (χ4n) is 3.43. The second-order valence-electron chi connectivity index (χ2n) is 7.00. The lowest BCUT2D eigenvalue weighted by Crippen LogP contribution is -2.57. The van der Waals surface area contributed by atoms with E-state index in [0.717, 1.165) is 12.3 Å². The molecule has 12 heteroatoms. The molecule has 3 heterocycles. The van der Waals surface area contributed by atoms with Crippen molar-refractivity contribution in [3.05, 3.63) is 22.8 Å². The Bertz CT molecular complexity index is 806. The number of rotatable bonds is 3. The largest absolute Gasteiger partial charge is 0.417 e. The Morgan fingerprint density at radius 1 is 1.11 bits per heavy atom. The van der Waals surface area contributed by atoms with Gasteiger partial charge in [0.25, 0.3) is 10.2 Å². The minimum atomic E-state index is -4.52. The van der Waals surface area contributed by atoms with Gasteiger partial charge in [0.15, 0.2) is 0 Å². The Balaban J connectivity index is 1.67. The van der Waals surface area contributed by atoms with E-state index in [0.29, 0.717) is 13.1 Å². The molecule has 28 heavy (non-hydrogen) atoms. The van der Waals surface area contributed by atoms with Crippen LogP contribution >= 0.6 is 11.6 Å². The normalized spacial score (nSPS) is 25.9. The van der Waals surface area contributed by atoms with Gasteiger partial charge in [0.05, 0.1) is 22.8 Å². The summed E-state index contributed by atoms with van der Waals surface area (Å²) in [6, 6.07) is 0.837. The van der Waals surface area contributed by atoms with Crippen molar-refractivity contribution in [3.8, 4) is 0 Å². The Labute approximate surface area is 167 Å². The third kappa shape index (κ3) is 4.54. The Morgan fingerprint density at radius 3 is 2.18 bits per heavy atom. The smallest absolute Gasteiger partial charge is 0.373 e. The molecule has 1 aromatic rings. The monoisotopic (exact) mass is 442 g/mol. The second-order valence-corrected chi connectivity index (χ2v) is 9.33. The van der Waals surface area contributed by atoms with E-state index in [9.17, 15) is 21.6 Å². The molecule has 2 atom stereocenters. The molecule has 0 N–H and O–H groups in total. The molecule has 2 aliphatic rings. The zero-order chi connectivity index (χ0) is 20.7. The van der Waals surface area contributed by atoms with Crippen molar-refractivity contribution in [1.29, 1.82) is 0 Å². The average Bonchev–Trinajstić information content (AvgIpc) is 2.60. The maximum Gasteiger partial charge on any atom is 0.417 e. The van der Waals surface area contributed by atoms with Crippen molar-refractivity contribution < 1.29 is 26.3 Å². The van der Waals surface area contributed by atoms with E-state index in [1.165, 1.54) is 8.61 Å². The standard InChI is InChI=1S/C16H22ClF3N4O3S/c1-11-9-24(10-12(2)27-11)28(25,26)23-5-3-22(4-6-23)15-14(17)7-13(8-21-15)16(18,19)20/h7-8,11-12H,3-6,9-10H2,1-2H3. The van der Waals surface area contributed by atoms with Crippen molar-refractivity contribution in [2.75, 3.05) is 44.2 Å². The minimum Gasteiger partial charge on any atom is -0.373 e. The fraction of sp³-hybridized carbons (Fsp3) is 0.688. The number of pyridine rings is 1. The summed E-state index contributed by atoms with van der Waals surface area (Å²) in [5.74, 6) is 0.223. The molecule has 0 bridgehead atoms. The first-order chi connectivity index (χ1) is 13.0. The molecule has 0 saturated carbocycles. The van der Waals surface area contributed by atoms with E-state index < -0.39 is 21.9 Å². The van der Waals surface area contributed by atoms with Crippen molar-refractivity contribution in [2.24, 2.45) is 0 Å². The number of halogens is 4. The van der Waals surface area contributed by atoms with Crippen LogP contribution in [0.2, 0.25) is 5.02 Å². The van der Waals surface area contributed by atoms with Crippen molar-refractivity contribution in [1.82, 2.24) is 13.6 Å². The molecular weight excluding hydrogens is 421 g/mol. The summed E-state index contributed by atoms with van der Waals surface area (Å²) >= 11 is 5.99. The van der Waals surface area contributed by atoms with E-state index in [-0.39, 0.29) is 49.2 Å². The van der Waals surface area contributed by atoms with Crippen LogP contribution in [0, 0.1) is 0 Å². The number of ether oxygens (including phenoxy) is 1. The van der Waals surface area contributed by atoms with Crippen LogP contribution in [0.15, 0.2) is 12.3 Å². The van der Waals surface area contributed by atoms with Gasteiger partial charge >= 0.3 is 6.18 Å². The minimum absolute atomic E-state index is 0.109. The molecule has 0 spiro atoms. The summed E-state index contributed by atoms with van der Waals surface area (Å²) < 4.78 is 72.5. The van der Waals surface area contributed by atoms with E-state index in [4.69, 9.17) is 16.3 Å². The quantitative estimate of drug-likeness (QED) is 0.718. The summed E-state index contributed by atoms with van der Waals surface area (Å²) in [5.41, 5.74) is -0.918. The molecular formula is C16H22ClF3N4O3S. The number of aromatic nitrogens is 1. The molecule has 0 amide bonds. The van der Waals surface area contributed by atoms with Crippen LogP contribution in [0.4, 0.5) is 19.0 Å². The van der Waals surface area contributed by atoms with Gasteiger partial charge in [-0.25, -0.2) is 4.98 Å². The highest BCUT2D eigenvalue weighted by Gasteiger charge is 2.37. The van der Waals surface area contributed by atoms with Crippen LogP contribution < -0.4 is 4.90 Å². The van der Waals surface area contributed by atoms with Crippen LogP contribution in [0.5, 0.6) is 0 Å². The molecule has 2 saturated heterocycles. The number of nitrogens with zero attached hydrogens (tertiary/aromatic N) is 4. The van der Waals surface area contributed by atoms with Crippen LogP contribution in [-0.2, 0) is 21.1 Å². The van der Waals surface area contributed by atoms with E-state index in [1.54, 1.807) is 4.90 Å². The predicted molar refractivity (Wildman–Crippen MR) is 98.5 cm³/mol. The first-order valence-electron chi connectivity index (χ1n) is 8.87. The van der Waals surface area contributed by atoms with Gasteiger partial charge in [-0.2, -0.15) is 30.2 Å². The maximum atomic E-state index is 12.9. The summed E-state index contributed by atoms with van der Waals surface area (Å²) in [5, 5.41) is -0.109. The van der Waals surface area contributed by atoms with Gasteiger partial charge in [-0.3, -0.25) is 0 Å². The second kappa shape index (κ2) is 7.94. The molecule has 3 rings (SSSR count). The van der Waals surface area contributed by atoms with Crippen molar-refractivity contribution in [3.63, 3.8) is 0 Å². The molecule has 158 valence electrons. The SMILES string of the molecule is CC1CN(S(=O)(=O)N2CCN(c3ncc(C(F)(F)F)cc3Cl)CC2)CC(C)O1. The lowest BCUT2D eigenvalue weighted by molar-refractivity contribution is -0.137. The molecule has 2 fully saturated rings. The first-order valence-corrected chi connectivity index (χ1v) is 10.6. The zero-order valence-electron chi connectivity index (χ0n) is 15.5. The fourth-order valence-corrected chi connectivity index (χ4v) is 5.47. The highest BCUT2D eigenvalue weighted by molar-refractivity contribution is 7.86. The summed E-state index contributed by atoms with van der Waals surface area (Å²) in [6.07, 6.45) is -4.15. The predicted octanol–water partition coefficient (Wildman–Crippen LogP) is 2.23. The van der Waals surface area contributed by atoms with Crippen molar-refractivity contribution >= 4 is 27.6 Å². The number of hydrogen-bond donors (Lipinski definition) is 0. The van der Waals surface area contributed by atoms with Gasteiger partial charge < -0.3 is 9.64 Å². The van der Waals surface area contributed by atoms with Crippen molar-refractivity contribution in [2.45, 2.75) is 32.2 Å². The van der Waals surface area contributed by atoms with Crippen LogP contribution in [-0.4, -0.2) is 73.5 Å². The van der Waals surface area contributed by atoms with Crippen LogP contribution in [0.1, 0.15) is 19.4 Å². The van der Waals surface area contributed by atoms with Crippen LogP contribution in [0.25, 0.3) is 0 Å². The highest BCUT2D eigenvalue weighted by atomic mass is 35.5. The Hall–Kier alpha value is -1.14. The van der Waals surface area contributed by atoms with Gasteiger partial charge in [0, 0.05) is 45.5 Å². The molecule has 0 radical (unpaired) electrons. The summed E-state index contributed by atoms with van der Waals surface area (Å²) in [6.45, 7) is 5.20. The van der Waals surface area contributed by atoms with E-state index in [2.05, 4.69) is 4.98 Å². The number of morpholine rings is 1.